The van der Waals surface area contributed by atoms with E-state index in [0.717, 1.165) is 6.07 Å². The Bertz CT molecular complexity index is 513. The average molecular weight is 246 g/mol. The Hall–Kier alpha value is -1.47. The van der Waals surface area contributed by atoms with E-state index in [1.54, 1.807) is 0 Å². The summed E-state index contributed by atoms with van der Waals surface area (Å²) in [6.07, 6.45) is 0. The molecule has 0 aliphatic carbocycles. The first-order valence-corrected chi connectivity index (χ1v) is 5.86. The number of nitrogens with one attached hydrogen (secondary N) is 2. The molecule has 0 unspecified atom stereocenters. The maximum atomic E-state index is 13.4. The lowest BCUT2D eigenvalue weighted by atomic mass is 10.3. The first-order chi connectivity index (χ1) is 7.36. The molecule has 0 aromatic heterocycles. The first-order valence-electron chi connectivity index (χ1n) is 4.37. The zero-order valence-electron chi connectivity index (χ0n) is 8.74. The predicted molar refractivity (Wildman–Crippen MR) is 56.9 cm³/mol. The van der Waals surface area contributed by atoms with Crippen LogP contribution in [0.2, 0.25) is 0 Å². The van der Waals surface area contributed by atoms with Crippen LogP contribution in [0.15, 0.2) is 23.1 Å². The van der Waals surface area contributed by atoms with E-state index < -0.39 is 21.7 Å². The van der Waals surface area contributed by atoms with Gasteiger partial charge in [0.05, 0.1) is 10.6 Å². The normalized spacial score (nSPS) is 11.2. The highest BCUT2D eigenvalue weighted by atomic mass is 32.2. The molecule has 16 heavy (non-hydrogen) atoms. The molecule has 0 heterocycles. The molecule has 0 saturated carbocycles. The highest BCUT2D eigenvalue weighted by molar-refractivity contribution is 7.89. The molecule has 0 spiro atoms. The summed E-state index contributed by atoms with van der Waals surface area (Å²) >= 11 is 0. The number of halogens is 1. The summed E-state index contributed by atoms with van der Waals surface area (Å²) in [6.45, 7) is 1.23. The third-order valence-electron chi connectivity index (χ3n) is 1.83. The molecule has 0 aliphatic rings. The maximum absolute atomic E-state index is 13.4. The predicted octanol–water partition coefficient (Wildman–Crippen LogP) is 0.692. The Morgan fingerprint density at radius 3 is 2.44 bits per heavy atom. The smallest absolute Gasteiger partial charge is 0.240 e. The van der Waals surface area contributed by atoms with E-state index in [4.69, 9.17) is 0 Å². The van der Waals surface area contributed by atoms with Crippen molar-refractivity contribution in [1.29, 1.82) is 0 Å². The number of anilines is 1. The Labute approximate surface area is 92.7 Å². The second kappa shape index (κ2) is 4.58. The molecular formula is C9H11FN2O3S. The van der Waals surface area contributed by atoms with Crippen LogP contribution < -0.4 is 10.0 Å². The summed E-state index contributed by atoms with van der Waals surface area (Å²) in [7, 11) is -2.44. The minimum Gasteiger partial charge on any atom is -0.324 e. The number of rotatable bonds is 3. The van der Waals surface area contributed by atoms with Gasteiger partial charge in [-0.1, -0.05) is 0 Å². The molecule has 5 nitrogen and oxygen atoms in total. The summed E-state index contributed by atoms with van der Waals surface area (Å²) in [5.41, 5.74) is -0.0532. The van der Waals surface area contributed by atoms with Crippen molar-refractivity contribution in [3.8, 4) is 0 Å². The van der Waals surface area contributed by atoms with E-state index >= 15 is 0 Å². The molecule has 7 heteroatoms. The van der Waals surface area contributed by atoms with Crippen molar-refractivity contribution in [3.05, 3.63) is 24.0 Å². The Kier molecular flexibility index (Phi) is 3.61. The van der Waals surface area contributed by atoms with Gasteiger partial charge in [0.25, 0.3) is 0 Å². The van der Waals surface area contributed by atoms with E-state index in [1.165, 1.54) is 26.1 Å². The van der Waals surface area contributed by atoms with Gasteiger partial charge in [-0.2, -0.15) is 0 Å². The van der Waals surface area contributed by atoms with Crippen LogP contribution >= 0.6 is 0 Å². The number of hydrogen-bond donors (Lipinski definition) is 2. The summed E-state index contributed by atoms with van der Waals surface area (Å²) in [6, 6.07) is 3.25. The summed E-state index contributed by atoms with van der Waals surface area (Å²) < 4.78 is 38.1. The van der Waals surface area contributed by atoms with Gasteiger partial charge in [0.1, 0.15) is 5.82 Å². The summed E-state index contributed by atoms with van der Waals surface area (Å²) in [5, 5.41) is 2.24. The maximum Gasteiger partial charge on any atom is 0.240 e. The molecule has 1 aromatic rings. The molecule has 1 amide bonds. The zero-order chi connectivity index (χ0) is 12.3. The quantitative estimate of drug-likeness (QED) is 0.824. The number of amides is 1. The molecule has 0 atom stereocenters. The molecule has 2 N–H and O–H groups in total. The second-order valence-electron chi connectivity index (χ2n) is 3.03. The topological polar surface area (TPSA) is 75.3 Å². The third-order valence-corrected chi connectivity index (χ3v) is 3.24. The van der Waals surface area contributed by atoms with Gasteiger partial charge in [0, 0.05) is 6.92 Å². The van der Waals surface area contributed by atoms with Gasteiger partial charge >= 0.3 is 0 Å². The fourth-order valence-corrected chi connectivity index (χ4v) is 1.81. The van der Waals surface area contributed by atoms with Gasteiger partial charge in [0.2, 0.25) is 15.9 Å². The monoisotopic (exact) mass is 246 g/mol. The van der Waals surface area contributed by atoms with Crippen LogP contribution in [0.4, 0.5) is 10.1 Å². The van der Waals surface area contributed by atoms with E-state index in [0.29, 0.717) is 0 Å². The van der Waals surface area contributed by atoms with Crippen molar-refractivity contribution in [2.75, 3.05) is 12.4 Å². The highest BCUT2D eigenvalue weighted by Crippen LogP contribution is 2.18. The minimum atomic E-state index is -3.67. The van der Waals surface area contributed by atoms with Crippen molar-refractivity contribution >= 4 is 21.6 Å². The molecule has 88 valence electrons. The Morgan fingerprint density at radius 1 is 1.38 bits per heavy atom. The molecule has 0 fully saturated rings. The lowest BCUT2D eigenvalue weighted by Gasteiger charge is -2.06. The van der Waals surface area contributed by atoms with Crippen LogP contribution in [-0.2, 0) is 14.8 Å². The van der Waals surface area contributed by atoms with Crippen LogP contribution in [0.3, 0.4) is 0 Å². The largest absolute Gasteiger partial charge is 0.324 e. The molecule has 1 rings (SSSR count). The molecule has 0 radical (unpaired) electrons. The van der Waals surface area contributed by atoms with Gasteiger partial charge in [-0.05, 0) is 25.2 Å². The second-order valence-corrected chi connectivity index (χ2v) is 4.92. The van der Waals surface area contributed by atoms with Gasteiger partial charge in [0.15, 0.2) is 0 Å². The minimum absolute atomic E-state index is 0.0532. The van der Waals surface area contributed by atoms with Crippen molar-refractivity contribution in [2.24, 2.45) is 0 Å². The highest BCUT2D eigenvalue weighted by Gasteiger charge is 2.14. The van der Waals surface area contributed by atoms with E-state index in [2.05, 4.69) is 10.0 Å². The number of carbonyl (C=O) groups is 1. The molecule has 0 aliphatic heterocycles. The summed E-state index contributed by atoms with van der Waals surface area (Å²) in [4.78, 5) is 10.5. The summed E-state index contributed by atoms with van der Waals surface area (Å²) in [5.74, 6) is -1.23. The van der Waals surface area contributed by atoms with Gasteiger partial charge in [-0.25, -0.2) is 17.5 Å². The van der Waals surface area contributed by atoms with Crippen molar-refractivity contribution in [3.63, 3.8) is 0 Å². The van der Waals surface area contributed by atoms with Crippen LogP contribution in [0.1, 0.15) is 6.92 Å². The standard InChI is InChI=1S/C9H11FN2O3S/c1-6(13)12-9-4-3-7(5-8(9)10)16(14,15)11-2/h3-5,11H,1-2H3,(H,12,13). The van der Waals surface area contributed by atoms with E-state index in [-0.39, 0.29) is 10.6 Å². The van der Waals surface area contributed by atoms with Crippen molar-refractivity contribution in [1.82, 2.24) is 4.72 Å². The Morgan fingerprint density at radius 2 is 2.00 bits per heavy atom. The van der Waals surface area contributed by atoms with Crippen LogP contribution in [0.5, 0.6) is 0 Å². The van der Waals surface area contributed by atoms with E-state index in [1.807, 2.05) is 0 Å². The van der Waals surface area contributed by atoms with Gasteiger partial charge in [-0.15, -0.1) is 0 Å². The molecule has 0 saturated heterocycles. The Balaban J connectivity index is 3.14. The molecule has 0 bridgehead atoms. The number of hydrogen-bond acceptors (Lipinski definition) is 3. The van der Waals surface area contributed by atoms with Crippen molar-refractivity contribution in [2.45, 2.75) is 11.8 Å². The van der Waals surface area contributed by atoms with Crippen LogP contribution in [0, 0.1) is 5.82 Å². The lowest BCUT2D eigenvalue weighted by molar-refractivity contribution is -0.114. The zero-order valence-corrected chi connectivity index (χ0v) is 9.56. The number of benzene rings is 1. The van der Waals surface area contributed by atoms with E-state index in [9.17, 15) is 17.6 Å². The molecule has 1 aromatic carbocycles. The number of carbonyl (C=O) groups excluding carboxylic acids is 1. The van der Waals surface area contributed by atoms with Gasteiger partial charge in [-0.3, -0.25) is 4.79 Å². The fraction of sp³-hybridized carbons (Fsp3) is 0.222. The fourth-order valence-electron chi connectivity index (χ4n) is 1.07. The third kappa shape index (κ3) is 2.77. The van der Waals surface area contributed by atoms with Gasteiger partial charge < -0.3 is 5.32 Å². The average Bonchev–Trinajstić information content (AvgIpc) is 2.20. The first kappa shape index (κ1) is 12.6. The van der Waals surface area contributed by atoms with Crippen LogP contribution in [-0.4, -0.2) is 21.4 Å². The lowest BCUT2D eigenvalue weighted by Crippen LogP contribution is -2.19. The number of sulfonamides is 1. The van der Waals surface area contributed by atoms with Crippen LogP contribution in [0.25, 0.3) is 0 Å². The SMILES string of the molecule is CNS(=O)(=O)c1ccc(NC(C)=O)c(F)c1. The van der Waals surface area contributed by atoms with Crippen molar-refractivity contribution < 1.29 is 17.6 Å². The molecular weight excluding hydrogens is 235 g/mol.